The Morgan fingerprint density at radius 3 is 2.80 bits per heavy atom. The summed E-state index contributed by atoms with van der Waals surface area (Å²) in [7, 11) is 0. The summed E-state index contributed by atoms with van der Waals surface area (Å²) < 4.78 is 7.33. The van der Waals surface area contributed by atoms with E-state index in [1.54, 1.807) is 6.08 Å². The number of fused-ring (bicyclic) bond motifs is 1. The molecule has 0 aliphatic carbocycles. The second kappa shape index (κ2) is 9.43. The Labute approximate surface area is 181 Å². The summed E-state index contributed by atoms with van der Waals surface area (Å²) >= 11 is 6.27. The minimum absolute atomic E-state index is 0.0755. The number of carbonyl (C=O) groups excluding carboxylic acids is 1. The number of ether oxygens (including phenoxy) is 1. The SMILES string of the molecule is Cc1ccc([C@H](C[NH+]2CCOCC2)NC(=O)/C=C/c2c(Cl)nc3ccccn23)cc1. The van der Waals surface area contributed by atoms with Crippen molar-refractivity contribution in [3.05, 3.63) is 76.7 Å². The van der Waals surface area contributed by atoms with E-state index in [1.165, 1.54) is 16.5 Å². The molecule has 0 saturated carbocycles. The molecule has 156 valence electrons. The number of quaternary nitrogens is 1. The van der Waals surface area contributed by atoms with Crippen molar-refractivity contribution in [2.24, 2.45) is 0 Å². The van der Waals surface area contributed by atoms with Crippen molar-refractivity contribution in [1.29, 1.82) is 0 Å². The fraction of sp³-hybridized carbons (Fsp3) is 0.304. The van der Waals surface area contributed by atoms with E-state index in [1.807, 2.05) is 28.8 Å². The van der Waals surface area contributed by atoms with Crippen LogP contribution in [-0.2, 0) is 9.53 Å². The molecular formula is C23H26ClN4O2+. The van der Waals surface area contributed by atoms with Crippen molar-refractivity contribution >= 4 is 29.2 Å². The molecule has 0 radical (unpaired) electrons. The summed E-state index contributed by atoms with van der Waals surface area (Å²) in [5.41, 5.74) is 3.74. The highest BCUT2D eigenvalue weighted by molar-refractivity contribution is 6.31. The molecule has 3 heterocycles. The molecule has 3 aromatic rings. The van der Waals surface area contributed by atoms with Crippen LogP contribution in [0.1, 0.15) is 22.9 Å². The van der Waals surface area contributed by atoms with Crippen LogP contribution in [0.15, 0.2) is 54.7 Å². The van der Waals surface area contributed by atoms with E-state index in [0.29, 0.717) is 10.8 Å². The van der Waals surface area contributed by atoms with Crippen LogP contribution in [0.5, 0.6) is 0 Å². The molecule has 7 heteroatoms. The second-order valence-corrected chi connectivity index (χ2v) is 7.95. The van der Waals surface area contributed by atoms with Crippen LogP contribution in [0.4, 0.5) is 0 Å². The number of aryl methyl sites for hydroxylation is 1. The third-order valence-electron chi connectivity index (χ3n) is 5.40. The summed E-state index contributed by atoms with van der Waals surface area (Å²) in [6.45, 7) is 6.31. The normalized spacial score (nSPS) is 16.2. The second-order valence-electron chi connectivity index (χ2n) is 7.59. The molecule has 1 fully saturated rings. The van der Waals surface area contributed by atoms with Crippen LogP contribution in [0.2, 0.25) is 5.15 Å². The fourth-order valence-electron chi connectivity index (χ4n) is 3.71. The van der Waals surface area contributed by atoms with Gasteiger partial charge in [0, 0.05) is 12.3 Å². The van der Waals surface area contributed by atoms with Gasteiger partial charge in [0.05, 0.1) is 18.9 Å². The van der Waals surface area contributed by atoms with Crippen LogP contribution in [-0.4, -0.2) is 48.1 Å². The number of benzene rings is 1. The zero-order valence-electron chi connectivity index (χ0n) is 17.0. The maximum Gasteiger partial charge on any atom is 0.244 e. The van der Waals surface area contributed by atoms with E-state index in [9.17, 15) is 4.79 Å². The summed E-state index contributed by atoms with van der Waals surface area (Å²) in [6, 6.07) is 13.9. The summed E-state index contributed by atoms with van der Waals surface area (Å²) in [6.07, 6.45) is 5.12. The van der Waals surface area contributed by atoms with Crippen LogP contribution in [0.3, 0.4) is 0 Å². The van der Waals surface area contributed by atoms with Gasteiger partial charge in [0.2, 0.25) is 5.91 Å². The zero-order chi connectivity index (χ0) is 20.9. The van der Waals surface area contributed by atoms with Crippen molar-refractivity contribution in [2.45, 2.75) is 13.0 Å². The number of rotatable bonds is 6. The molecule has 0 unspecified atom stereocenters. The van der Waals surface area contributed by atoms with E-state index in [-0.39, 0.29) is 11.9 Å². The number of halogens is 1. The summed E-state index contributed by atoms with van der Waals surface area (Å²) in [5, 5.41) is 3.54. The first-order valence-electron chi connectivity index (χ1n) is 10.2. The molecule has 4 rings (SSSR count). The molecule has 1 aliphatic heterocycles. The molecule has 2 N–H and O–H groups in total. The van der Waals surface area contributed by atoms with Gasteiger partial charge in [-0.25, -0.2) is 4.98 Å². The van der Waals surface area contributed by atoms with Crippen LogP contribution in [0.25, 0.3) is 11.7 Å². The maximum atomic E-state index is 12.8. The molecule has 1 saturated heterocycles. The first-order valence-corrected chi connectivity index (χ1v) is 10.6. The minimum atomic E-state index is -0.157. The van der Waals surface area contributed by atoms with Crippen molar-refractivity contribution in [3.63, 3.8) is 0 Å². The predicted molar refractivity (Wildman–Crippen MR) is 118 cm³/mol. The highest BCUT2D eigenvalue weighted by Gasteiger charge is 2.22. The summed E-state index contributed by atoms with van der Waals surface area (Å²) in [5.74, 6) is -0.157. The minimum Gasteiger partial charge on any atom is -0.370 e. The third-order valence-corrected chi connectivity index (χ3v) is 5.68. The largest absolute Gasteiger partial charge is 0.370 e. The summed E-state index contributed by atoms with van der Waals surface area (Å²) in [4.78, 5) is 18.5. The fourth-order valence-corrected chi connectivity index (χ4v) is 3.95. The lowest BCUT2D eigenvalue weighted by molar-refractivity contribution is -0.909. The van der Waals surface area contributed by atoms with Gasteiger partial charge in [-0.05, 0) is 30.7 Å². The van der Waals surface area contributed by atoms with Crippen LogP contribution < -0.4 is 10.2 Å². The Morgan fingerprint density at radius 1 is 1.27 bits per heavy atom. The Bertz CT molecular complexity index is 1040. The Hall–Kier alpha value is -2.67. The number of nitrogens with one attached hydrogen (secondary N) is 2. The number of imidazole rings is 1. The average Bonchev–Trinajstić information content (AvgIpc) is 3.08. The van der Waals surface area contributed by atoms with Crippen molar-refractivity contribution in [1.82, 2.24) is 14.7 Å². The quantitative estimate of drug-likeness (QED) is 0.594. The van der Waals surface area contributed by atoms with Crippen molar-refractivity contribution < 1.29 is 14.4 Å². The van der Waals surface area contributed by atoms with Gasteiger partial charge in [-0.2, -0.15) is 0 Å². The molecule has 1 amide bonds. The monoisotopic (exact) mass is 425 g/mol. The van der Waals surface area contributed by atoms with E-state index < -0.39 is 0 Å². The molecule has 1 aliphatic rings. The molecule has 1 atom stereocenters. The number of morpholine rings is 1. The first-order chi connectivity index (χ1) is 14.6. The molecule has 30 heavy (non-hydrogen) atoms. The van der Waals surface area contributed by atoms with Crippen molar-refractivity contribution in [3.8, 4) is 0 Å². The Morgan fingerprint density at radius 2 is 2.03 bits per heavy atom. The number of amides is 1. The lowest BCUT2D eigenvalue weighted by Crippen LogP contribution is -3.14. The lowest BCUT2D eigenvalue weighted by atomic mass is 10.0. The van der Waals surface area contributed by atoms with Gasteiger partial charge < -0.3 is 15.0 Å². The highest BCUT2D eigenvalue weighted by atomic mass is 35.5. The van der Waals surface area contributed by atoms with Gasteiger partial charge in [-0.15, -0.1) is 0 Å². The van der Waals surface area contributed by atoms with Crippen LogP contribution >= 0.6 is 11.6 Å². The lowest BCUT2D eigenvalue weighted by Gasteiger charge is -2.28. The van der Waals surface area contributed by atoms with E-state index in [2.05, 4.69) is 41.5 Å². The third kappa shape index (κ3) is 4.90. The first kappa shape index (κ1) is 20.6. The van der Waals surface area contributed by atoms with Gasteiger partial charge in [0.25, 0.3) is 0 Å². The number of pyridine rings is 1. The molecule has 0 bridgehead atoms. The number of carbonyl (C=O) groups is 1. The van der Waals surface area contributed by atoms with Crippen LogP contribution in [0, 0.1) is 6.92 Å². The van der Waals surface area contributed by atoms with Gasteiger partial charge in [0.15, 0.2) is 5.15 Å². The van der Waals surface area contributed by atoms with Crippen molar-refractivity contribution in [2.75, 3.05) is 32.8 Å². The number of aromatic nitrogens is 2. The predicted octanol–water partition coefficient (Wildman–Crippen LogP) is 2.08. The van der Waals surface area contributed by atoms with Gasteiger partial charge >= 0.3 is 0 Å². The van der Waals surface area contributed by atoms with Gasteiger partial charge in [-0.3, -0.25) is 9.20 Å². The standard InChI is InChI=1S/C23H25ClN4O2/c1-17-5-7-18(8-6-17)19(16-27-12-14-30-15-13-27)25-22(29)10-9-20-23(24)26-21-4-2-3-11-28(20)21/h2-11,19H,12-16H2,1H3,(H,25,29)/p+1/b10-9+/t19-/m0/s1. The highest BCUT2D eigenvalue weighted by Crippen LogP contribution is 2.19. The van der Waals surface area contributed by atoms with E-state index in [4.69, 9.17) is 16.3 Å². The number of hydrogen-bond acceptors (Lipinski definition) is 3. The molecule has 0 spiro atoms. The van der Waals surface area contributed by atoms with E-state index >= 15 is 0 Å². The average molecular weight is 426 g/mol. The zero-order valence-corrected chi connectivity index (χ0v) is 17.7. The number of hydrogen-bond donors (Lipinski definition) is 2. The topological polar surface area (TPSA) is 60.1 Å². The molecule has 1 aromatic carbocycles. The smallest absolute Gasteiger partial charge is 0.244 e. The van der Waals surface area contributed by atoms with Gasteiger partial charge in [-0.1, -0.05) is 47.5 Å². The molecule has 2 aromatic heterocycles. The van der Waals surface area contributed by atoms with E-state index in [0.717, 1.165) is 44.1 Å². The molecule has 6 nitrogen and oxygen atoms in total. The Balaban J connectivity index is 1.51. The van der Waals surface area contributed by atoms with Gasteiger partial charge in [0.1, 0.15) is 31.3 Å². The molecular weight excluding hydrogens is 400 g/mol. The number of nitrogens with zero attached hydrogens (tertiary/aromatic N) is 2. The maximum absolute atomic E-state index is 12.8. The Kier molecular flexibility index (Phi) is 6.47.